The maximum Gasteiger partial charge on any atom is 0.246 e. The van der Waals surface area contributed by atoms with Crippen molar-refractivity contribution in [2.24, 2.45) is 11.7 Å². The van der Waals surface area contributed by atoms with Crippen LogP contribution in [0.5, 0.6) is 0 Å². The van der Waals surface area contributed by atoms with Crippen LogP contribution in [0.4, 0.5) is 0 Å². The molecule has 0 heterocycles. The zero-order valence-corrected chi connectivity index (χ0v) is 24.5. The summed E-state index contributed by atoms with van der Waals surface area (Å²) >= 11 is 1.57. The number of aliphatic hydroxyl groups is 2. The highest BCUT2D eigenvalue weighted by molar-refractivity contribution is 7.99. The van der Waals surface area contributed by atoms with Gasteiger partial charge in [0.1, 0.15) is 12.1 Å². The van der Waals surface area contributed by atoms with Crippen molar-refractivity contribution < 1.29 is 24.6 Å². The van der Waals surface area contributed by atoms with Crippen LogP contribution in [0.2, 0.25) is 0 Å². The van der Waals surface area contributed by atoms with E-state index in [1.807, 2.05) is 6.92 Å². The van der Waals surface area contributed by atoms with Gasteiger partial charge in [-0.05, 0) is 70.8 Å². The van der Waals surface area contributed by atoms with E-state index in [9.17, 15) is 24.6 Å². The molecule has 0 saturated heterocycles. The van der Waals surface area contributed by atoms with Crippen LogP contribution < -0.4 is 5.73 Å². The predicted molar refractivity (Wildman–Crippen MR) is 148 cm³/mol. The lowest BCUT2D eigenvalue weighted by atomic mass is 9.97. The van der Waals surface area contributed by atoms with Gasteiger partial charge in [-0.2, -0.15) is 11.8 Å². The Labute approximate surface area is 223 Å². The topological polar surface area (TPSA) is 127 Å². The van der Waals surface area contributed by atoms with E-state index in [-0.39, 0.29) is 30.8 Å². The van der Waals surface area contributed by atoms with Gasteiger partial charge in [-0.15, -0.1) is 0 Å². The van der Waals surface area contributed by atoms with Crippen LogP contribution in [0.3, 0.4) is 0 Å². The second-order valence-electron chi connectivity index (χ2n) is 10.2. The van der Waals surface area contributed by atoms with Gasteiger partial charge < -0.3 is 30.6 Å². The first kappa shape index (κ1) is 34.6. The Hall–Kier alpha value is -1.36. The molecule has 9 nitrogen and oxygen atoms in total. The molecule has 212 valence electrons. The molecule has 0 radical (unpaired) electrons. The van der Waals surface area contributed by atoms with Gasteiger partial charge in [-0.25, -0.2) is 0 Å². The smallest absolute Gasteiger partial charge is 0.246 e. The summed E-state index contributed by atoms with van der Waals surface area (Å²) in [5.74, 6) is 0.129. The van der Waals surface area contributed by atoms with Crippen molar-refractivity contribution in [2.75, 3.05) is 51.8 Å². The highest BCUT2D eigenvalue weighted by Crippen LogP contribution is 2.21. The van der Waals surface area contributed by atoms with Gasteiger partial charge in [0.05, 0.1) is 5.60 Å². The van der Waals surface area contributed by atoms with Crippen LogP contribution in [0.15, 0.2) is 0 Å². The first-order chi connectivity index (χ1) is 16.8. The van der Waals surface area contributed by atoms with E-state index in [0.717, 1.165) is 44.6 Å². The minimum atomic E-state index is -1.19. The Morgan fingerprint density at radius 3 is 2.08 bits per heavy atom. The SMILES string of the molecule is CCCC(=O)N(C)[C@H](CSCC[C@@H](CO)CCCN(CC)CC)C(=O)N(C)[C@@H](CC(C)(C)O)C(N)=O. The van der Waals surface area contributed by atoms with E-state index in [0.29, 0.717) is 18.6 Å². The Balaban J connectivity index is 5.23. The molecular formula is C26H52N4O5S. The number of likely N-dealkylation sites (N-methyl/N-ethyl adjacent to an activating group) is 2. The Kier molecular flexibility index (Phi) is 17.3. The van der Waals surface area contributed by atoms with Gasteiger partial charge in [0.15, 0.2) is 0 Å². The average molecular weight is 533 g/mol. The number of hydrogen-bond acceptors (Lipinski definition) is 7. The standard InChI is InChI=1S/C26H52N4O5S/c1-8-12-23(32)28(6)22(25(34)29(7)21(24(27)33)17-26(4,5)35)19-36-16-14-20(18-31)13-11-15-30(9-2)10-3/h20-22,31,35H,8-19H2,1-7H3,(H2,27,33)/t20-,21-,22+/m0/s1. The fourth-order valence-corrected chi connectivity index (χ4v) is 5.37. The lowest BCUT2D eigenvalue weighted by molar-refractivity contribution is -0.147. The summed E-state index contributed by atoms with van der Waals surface area (Å²) < 4.78 is 0. The first-order valence-electron chi connectivity index (χ1n) is 13.3. The molecule has 0 aliphatic heterocycles. The minimum absolute atomic E-state index is 0.00271. The quantitative estimate of drug-likeness (QED) is 0.205. The van der Waals surface area contributed by atoms with Crippen LogP contribution in [0.1, 0.15) is 73.1 Å². The number of amides is 3. The van der Waals surface area contributed by atoms with E-state index < -0.39 is 23.6 Å². The van der Waals surface area contributed by atoms with Crippen molar-refractivity contribution in [3.8, 4) is 0 Å². The highest BCUT2D eigenvalue weighted by Gasteiger charge is 2.36. The molecule has 0 unspecified atom stereocenters. The zero-order valence-electron chi connectivity index (χ0n) is 23.7. The lowest BCUT2D eigenvalue weighted by Gasteiger charge is -2.35. The molecule has 0 aromatic heterocycles. The number of nitrogens with zero attached hydrogens (tertiary/aromatic N) is 3. The molecule has 0 rings (SSSR count). The summed E-state index contributed by atoms with van der Waals surface area (Å²) in [6.07, 6.45) is 3.81. The molecule has 36 heavy (non-hydrogen) atoms. The first-order valence-corrected chi connectivity index (χ1v) is 14.4. The number of carbonyl (C=O) groups excluding carboxylic acids is 3. The molecule has 0 aromatic rings. The Morgan fingerprint density at radius 2 is 1.61 bits per heavy atom. The Bertz CT molecular complexity index is 655. The van der Waals surface area contributed by atoms with Crippen molar-refractivity contribution in [3.63, 3.8) is 0 Å². The largest absolute Gasteiger partial charge is 0.396 e. The monoisotopic (exact) mass is 532 g/mol. The molecule has 0 bridgehead atoms. The molecule has 10 heteroatoms. The zero-order chi connectivity index (χ0) is 27.9. The second kappa shape index (κ2) is 18.0. The van der Waals surface area contributed by atoms with Gasteiger partial charge >= 0.3 is 0 Å². The number of thioether (sulfide) groups is 1. The van der Waals surface area contributed by atoms with Gasteiger partial charge in [-0.1, -0.05) is 20.8 Å². The van der Waals surface area contributed by atoms with E-state index in [1.54, 1.807) is 32.7 Å². The summed E-state index contributed by atoms with van der Waals surface area (Å²) in [5, 5.41) is 20.0. The minimum Gasteiger partial charge on any atom is -0.396 e. The molecule has 3 amide bonds. The van der Waals surface area contributed by atoms with Crippen LogP contribution in [-0.4, -0.2) is 112 Å². The van der Waals surface area contributed by atoms with Gasteiger partial charge in [0, 0.05) is 39.3 Å². The summed E-state index contributed by atoms with van der Waals surface area (Å²) in [5.41, 5.74) is 4.37. The number of carbonyl (C=O) groups is 3. The maximum absolute atomic E-state index is 13.5. The molecule has 0 aliphatic rings. The lowest BCUT2D eigenvalue weighted by Crippen LogP contribution is -2.56. The molecule has 0 saturated carbocycles. The predicted octanol–water partition coefficient (Wildman–Crippen LogP) is 1.94. The number of nitrogens with two attached hydrogens (primary N) is 1. The van der Waals surface area contributed by atoms with Crippen LogP contribution in [-0.2, 0) is 14.4 Å². The van der Waals surface area contributed by atoms with Crippen molar-refractivity contribution in [2.45, 2.75) is 90.8 Å². The molecule has 0 aliphatic carbocycles. The van der Waals surface area contributed by atoms with E-state index in [2.05, 4.69) is 18.7 Å². The molecule has 3 atom stereocenters. The maximum atomic E-state index is 13.5. The van der Waals surface area contributed by atoms with Crippen molar-refractivity contribution in [3.05, 3.63) is 0 Å². The molecule has 0 aromatic carbocycles. The number of aliphatic hydroxyl groups excluding tert-OH is 1. The van der Waals surface area contributed by atoms with Gasteiger partial charge in [0.25, 0.3) is 0 Å². The van der Waals surface area contributed by atoms with Crippen molar-refractivity contribution in [1.82, 2.24) is 14.7 Å². The van der Waals surface area contributed by atoms with Crippen molar-refractivity contribution in [1.29, 1.82) is 0 Å². The van der Waals surface area contributed by atoms with E-state index in [1.165, 1.54) is 16.8 Å². The number of primary amides is 1. The van der Waals surface area contributed by atoms with Crippen LogP contribution in [0, 0.1) is 5.92 Å². The van der Waals surface area contributed by atoms with Crippen LogP contribution >= 0.6 is 11.8 Å². The Morgan fingerprint density at radius 1 is 1.00 bits per heavy atom. The summed E-state index contributed by atoms with van der Waals surface area (Å²) in [6, 6.07) is -1.73. The summed E-state index contributed by atoms with van der Waals surface area (Å²) in [6.45, 7) is 12.5. The summed E-state index contributed by atoms with van der Waals surface area (Å²) in [7, 11) is 3.12. The third kappa shape index (κ3) is 13.3. The molecule has 4 N–H and O–H groups in total. The average Bonchev–Trinajstić information content (AvgIpc) is 2.82. The third-order valence-electron chi connectivity index (χ3n) is 6.63. The highest BCUT2D eigenvalue weighted by atomic mass is 32.2. The van der Waals surface area contributed by atoms with Gasteiger partial charge in [0.2, 0.25) is 17.7 Å². The number of rotatable bonds is 20. The van der Waals surface area contributed by atoms with E-state index >= 15 is 0 Å². The fourth-order valence-electron chi connectivity index (χ4n) is 4.12. The molecular weight excluding hydrogens is 480 g/mol. The third-order valence-corrected chi connectivity index (χ3v) is 7.71. The molecule has 0 fully saturated rings. The fraction of sp³-hybridized carbons (Fsp3) is 0.885. The second-order valence-corrected chi connectivity index (χ2v) is 11.4. The van der Waals surface area contributed by atoms with E-state index in [4.69, 9.17) is 5.73 Å². The molecule has 0 spiro atoms. The van der Waals surface area contributed by atoms with Crippen molar-refractivity contribution >= 4 is 29.5 Å². The van der Waals surface area contributed by atoms with Crippen LogP contribution in [0.25, 0.3) is 0 Å². The van der Waals surface area contributed by atoms with Gasteiger partial charge in [-0.3, -0.25) is 14.4 Å². The normalized spacial score (nSPS) is 14.4. The number of hydrogen-bond donors (Lipinski definition) is 3. The summed E-state index contributed by atoms with van der Waals surface area (Å²) in [4.78, 5) is 43.3.